The molecule has 2 aromatic carbocycles. The van der Waals surface area contributed by atoms with Crippen LogP contribution in [-0.2, 0) is 0 Å². The van der Waals surface area contributed by atoms with Crippen LogP contribution in [0, 0.1) is 18.7 Å². The smallest absolute Gasteiger partial charge is 0.123 e. The molecule has 0 unspecified atom stereocenters. The molecule has 1 aliphatic heterocycles. The van der Waals surface area contributed by atoms with E-state index in [1.807, 2.05) is 24.3 Å². The highest BCUT2D eigenvalue weighted by atomic mass is 19.1. The molecule has 3 rings (SSSR count). The van der Waals surface area contributed by atoms with Crippen LogP contribution in [0.2, 0.25) is 0 Å². The summed E-state index contributed by atoms with van der Waals surface area (Å²) >= 11 is 0. The minimum absolute atomic E-state index is 0.176. The van der Waals surface area contributed by atoms with Gasteiger partial charge in [-0.2, -0.15) is 0 Å². The number of piperidine rings is 1. The molecule has 1 fully saturated rings. The molecule has 0 saturated carbocycles. The second-order valence-corrected chi connectivity index (χ2v) is 6.03. The van der Waals surface area contributed by atoms with E-state index in [-0.39, 0.29) is 5.82 Å². The average Bonchev–Trinajstić information content (AvgIpc) is 2.55. The van der Waals surface area contributed by atoms with Gasteiger partial charge >= 0.3 is 0 Å². The predicted molar refractivity (Wildman–Crippen MR) is 86.8 cm³/mol. The summed E-state index contributed by atoms with van der Waals surface area (Å²) < 4.78 is 19.1. The van der Waals surface area contributed by atoms with Crippen LogP contribution in [0.15, 0.2) is 48.5 Å². The molecule has 0 amide bonds. The van der Waals surface area contributed by atoms with Gasteiger partial charge in [-0.05, 0) is 55.6 Å². The van der Waals surface area contributed by atoms with E-state index in [0.717, 1.165) is 25.3 Å². The van der Waals surface area contributed by atoms with Crippen molar-refractivity contribution >= 4 is 0 Å². The van der Waals surface area contributed by atoms with Crippen molar-refractivity contribution in [3.8, 4) is 5.75 Å². The summed E-state index contributed by atoms with van der Waals surface area (Å²) in [5.74, 6) is 1.56. The molecule has 2 nitrogen and oxygen atoms in total. The van der Waals surface area contributed by atoms with Crippen LogP contribution in [0.25, 0.3) is 0 Å². The molecule has 1 aliphatic rings. The molecule has 1 saturated heterocycles. The van der Waals surface area contributed by atoms with Crippen molar-refractivity contribution in [2.45, 2.75) is 19.3 Å². The molecular weight excluding hydrogens is 277 g/mol. The van der Waals surface area contributed by atoms with E-state index in [1.165, 1.54) is 11.1 Å². The lowest BCUT2D eigenvalue weighted by molar-refractivity contribution is 0.197. The van der Waals surface area contributed by atoms with Gasteiger partial charge in [0, 0.05) is 12.5 Å². The van der Waals surface area contributed by atoms with E-state index >= 15 is 0 Å². The van der Waals surface area contributed by atoms with Gasteiger partial charge in [0.15, 0.2) is 0 Å². The fourth-order valence-corrected chi connectivity index (χ4v) is 3.08. The van der Waals surface area contributed by atoms with Crippen LogP contribution >= 0.6 is 0 Å². The third kappa shape index (κ3) is 3.66. The first-order chi connectivity index (χ1) is 10.7. The van der Waals surface area contributed by atoms with Gasteiger partial charge in [-0.1, -0.05) is 29.8 Å². The summed E-state index contributed by atoms with van der Waals surface area (Å²) in [4.78, 5) is 0. The molecule has 2 atom stereocenters. The maximum atomic E-state index is 13.1. The van der Waals surface area contributed by atoms with Crippen molar-refractivity contribution in [3.05, 3.63) is 65.5 Å². The summed E-state index contributed by atoms with van der Waals surface area (Å²) in [6.45, 7) is 4.69. The molecule has 116 valence electrons. The maximum Gasteiger partial charge on any atom is 0.123 e. The van der Waals surface area contributed by atoms with E-state index in [2.05, 4.69) is 24.4 Å². The Kier molecular flexibility index (Phi) is 4.74. The predicted octanol–water partition coefficient (Wildman–Crippen LogP) is 3.91. The highest BCUT2D eigenvalue weighted by Gasteiger charge is 2.27. The number of benzene rings is 2. The highest BCUT2D eigenvalue weighted by Crippen LogP contribution is 2.31. The van der Waals surface area contributed by atoms with Gasteiger partial charge in [0.05, 0.1) is 6.61 Å². The highest BCUT2D eigenvalue weighted by molar-refractivity contribution is 5.26. The van der Waals surface area contributed by atoms with Gasteiger partial charge in [0.1, 0.15) is 11.6 Å². The topological polar surface area (TPSA) is 21.3 Å². The molecule has 0 radical (unpaired) electrons. The van der Waals surface area contributed by atoms with Gasteiger partial charge in [0.2, 0.25) is 0 Å². The second-order valence-electron chi connectivity index (χ2n) is 6.03. The fraction of sp³-hybridized carbons (Fsp3) is 0.368. The molecular formula is C19H22FNO. The van der Waals surface area contributed by atoms with Gasteiger partial charge < -0.3 is 10.1 Å². The van der Waals surface area contributed by atoms with Gasteiger partial charge in [-0.3, -0.25) is 0 Å². The summed E-state index contributed by atoms with van der Waals surface area (Å²) in [7, 11) is 0. The number of aryl methyl sites for hydroxylation is 1. The monoisotopic (exact) mass is 299 g/mol. The van der Waals surface area contributed by atoms with Gasteiger partial charge in [-0.25, -0.2) is 4.39 Å². The largest absolute Gasteiger partial charge is 0.493 e. The Hall–Kier alpha value is -1.87. The standard InChI is InChI=1S/C19H22FNO/c1-14-2-8-18(9-3-14)22-13-16-12-21-11-10-19(16)15-4-6-17(20)7-5-15/h2-9,16,19,21H,10-13H2,1H3/t16-,19-/m0/s1. The van der Waals surface area contributed by atoms with Crippen molar-refractivity contribution in [2.24, 2.45) is 5.92 Å². The number of halogens is 1. The second kappa shape index (κ2) is 6.93. The van der Waals surface area contributed by atoms with E-state index in [1.54, 1.807) is 12.1 Å². The third-order valence-electron chi connectivity index (χ3n) is 4.39. The Morgan fingerprint density at radius 3 is 2.55 bits per heavy atom. The summed E-state index contributed by atoms with van der Waals surface area (Å²) in [5, 5.41) is 3.44. The van der Waals surface area contributed by atoms with Crippen LogP contribution < -0.4 is 10.1 Å². The third-order valence-corrected chi connectivity index (χ3v) is 4.39. The minimum atomic E-state index is -0.176. The molecule has 0 aromatic heterocycles. The minimum Gasteiger partial charge on any atom is -0.493 e. The lowest BCUT2D eigenvalue weighted by Gasteiger charge is -2.32. The summed E-state index contributed by atoms with van der Waals surface area (Å²) in [6, 6.07) is 15.1. The Bertz CT molecular complexity index is 594. The zero-order valence-corrected chi connectivity index (χ0v) is 12.9. The van der Waals surface area contributed by atoms with Crippen LogP contribution in [0.4, 0.5) is 4.39 Å². The Labute approximate surface area is 131 Å². The average molecular weight is 299 g/mol. The first kappa shape index (κ1) is 15.0. The number of hydrogen-bond donors (Lipinski definition) is 1. The maximum absolute atomic E-state index is 13.1. The van der Waals surface area contributed by atoms with Crippen molar-refractivity contribution in [3.63, 3.8) is 0 Å². The number of ether oxygens (including phenoxy) is 1. The molecule has 2 aromatic rings. The molecule has 0 spiro atoms. The summed E-state index contributed by atoms with van der Waals surface area (Å²) in [6.07, 6.45) is 1.06. The number of hydrogen-bond acceptors (Lipinski definition) is 2. The van der Waals surface area contributed by atoms with Crippen molar-refractivity contribution in [1.29, 1.82) is 0 Å². The Morgan fingerprint density at radius 2 is 1.82 bits per heavy atom. The van der Waals surface area contributed by atoms with Gasteiger partial charge in [0.25, 0.3) is 0 Å². The molecule has 0 aliphatic carbocycles. The van der Waals surface area contributed by atoms with Crippen molar-refractivity contribution in [2.75, 3.05) is 19.7 Å². The van der Waals surface area contributed by atoms with E-state index in [0.29, 0.717) is 18.4 Å². The van der Waals surface area contributed by atoms with Crippen LogP contribution in [-0.4, -0.2) is 19.7 Å². The van der Waals surface area contributed by atoms with Crippen molar-refractivity contribution in [1.82, 2.24) is 5.32 Å². The van der Waals surface area contributed by atoms with E-state index in [4.69, 9.17) is 4.74 Å². The zero-order valence-electron chi connectivity index (χ0n) is 12.9. The normalized spacial score (nSPS) is 21.5. The zero-order chi connectivity index (χ0) is 15.4. The van der Waals surface area contributed by atoms with E-state index in [9.17, 15) is 4.39 Å². The first-order valence-electron chi connectivity index (χ1n) is 7.88. The quantitative estimate of drug-likeness (QED) is 0.924. The molecule has 0 bridgehead atoms. The SMILES string of the molecule is Cc1ccc(OC[C@@H]2CNCC[C@H]2c2ccc(F)cc2)cc1. The van der Waals surface area contributed by atoms with Crippen molar-refractivity contribution < 1.29 is 9.13 Å². The number of nitrogens with one attached hydrogen (secondary N) is 1. The Balaban J connectivity index is 1.67. The van der Waals surface area contributed by atoms with Gasteiger partial charge in [-0.15, -0.1) is 0 Å². The lowest BCUT2D eigenvalue weighted by Crippen LogP contribution is -2.38. The molecule has 22 heavy (non-hydrogen) atoms. The molecule has 1 heterocycles. The molecule has 1 N–H and O–H groups in total. The van der Waals surface area contributed by atoms with Crippen LogP contribution in [0.5, 0.6) is 5.75 Å². The number of rotatable bonds is 4. The first-order valence-corrected chi connectivity index (χ1v) is 7.88. The summed E-state index contributed by atoms with van der Waals surface area (Å²) in [5.41, 5.74) is 2.44. The molecule has 3 heteroatoms. The Morgan fingerprint density at radius 1 is 1.09 bits per heavy atom. The van der Waals surface area contributed by atoms with Crippen LogP contribution in [0.1, 0.15) is 23.5 Å². The van der Waals surface area contributed by atoms with E-state index < -0.39 is 0 Å². The fourth-order valence-electron chi connectivity index (χ4n) is 3.08. The lowest BCUT2D eigenvalue weighted by atomic mass is 9.81. The van der Waals surface area contributed by atoms with Crippen LogP contribution in [0.3, 0.4) is 0 Å².